The Labute approximate surface area is 97.5 Å². The second kappa shape index (κ2) is 4.08. The van der Waals surface area contributed by atoms with Gasteiger partial charge in [0.1, 0.15) is 5.82 Å². The van der Waals surface area contributed by atoms with E-state index in [1.165, 1.54) is 31.2 Å². The van der Waals surface area contributed by atoms with Gasteiger partial charge in [0.05, 0.1) is 0 Å². The Morgan fingerprint density at radius 3 is 2.56 bits per heavy atom. The second-order valence-electron chi connectivity index (χ2n) is 5.39. The number of hydrogen-bond donors (Lipinski definition) is 1. The molecule has 0 spiro atoms. The molecule has 0 bridgehead atoms. The van der Waals surface area contributed by atoms with Gasteiger partial charge in [-0.05, 0) is 62.0 Å². The van der Waals surface area contributed by atoms with Crippen molar-refractivity contribution < 1.29 is 0 Å². The summed E-state index contributed by atoms with van der Waals surface area (Å²) in [5.74, 6) is 4.03. The van der Waals surface area contributed by atoms with Crippen LogP contribution in [-0.4, -0.2) is 11.5 Å². The summed E-state index contributed by atoms with van der Waals surface area (Å²) < 4.78 is 0. The fourth-order valence-corrected chi connectivity index (χ4v) is 2.65. The van der Waals surface area contributed by atoms with Crippen LogP contribution in [0.3, 0.4) is 0 Å². The Morgan fingerprint density at radius 1 is 1.31 bits per heavy atom. The van der Waals surface area contributed by atoms with E-state index >= 15 is 0 Å². The zero-order chi connectivity index (χ0) is 11.0. The van der Waals surface area contributed by atoms with Gasteiger partial charge in [0.2, 0.25) is 0 Å². The molecule has 1 aromatic heterocycles. The average Bonchev–Trinajstić information content (AvgIpc) is 3.15. The summed E-state index contributed by atoms with van der Waals surface area (Å²) in [6, 6.07) is 4.12. The lowest BCUT2D eigenvalue weighted by atomic mass is 9.98. The minimum Gasteiger partial charge on any atom is -0.370 e. The third-order valence-electron chi connectivity index (χ3n) is 3.97. The standard InChI is InChI=1S/C14H20N2/c1-10-3-2-8-15-14(10)16-9-13(11-4-5-11)12-6-7-12/h2-3,8,11-13H,4-7,9H2,1H3,(H,15,16). The molecule has 2 nitrogen and oxygen atoms in total. The maximum atomic E-state index is 4.40. The number of rotatable bonds is 5. The predicted octanol–water partition coefficient (Wildman–Crippen LogP) is 3.24. The molecule has 0 unspecified atom stereocenters. The highest BCUT2D eigenvalue weighted by atomic mass is 15.0. The molecule has 86 valence electrons. The van der Waals surface area contributed by atoms with Gasteiger partial charge in [-0.25, -0.2) is 4.98 Å². The van der Waals surface area contributed by atoms with Crippen molar-refractivity contribution in [3.63, 3.8) is 0 Å². The molecular weight excluding hydrogens is 196 g/mol. The van der Waals surface area contributed by atoms with E-state index in [-0.39, 0.29) is 0 Å². The van der Waals surface area contributed by atoms with Crippen LogP contribution < -0.4 is 5.32 Å². The topological polar surface area (TPSA) is 24.9 Å². The quantitative estimate of drug-likeness (QED) is 0.817. The van der Waals surface area contributed by atoms with Crippen LogP contribution in [0.25, 0.3) is 0 Å². The summed E-state index contributed by atoms with van der Waals surface area (Å²) >= 11 is 0. The van der Waals surface area contributed by atoms with Gasteiger partial charge < -0.3 is 5.32 Å². The first-order valence-electron chi connectivity index (χ1n) is 6.50. The summed E-state index contributed by atoms with van der Waals surface area (Å²) in [6.45, 7) is 3.26. The van der Waals surface area contributed by atoms with Crippen molar-refractivity contribution in [1.29, 1.82) is 0 Å². The van der Waals surface area contributed by atoms with E-state index in [1.54, 1.807) is 0 Å². The SMILES string of the molecule is Cc1cccnc1NCC(C1CC1)C1CC1. The lowest BCUT2D eigenvalue weighted by Crippen LogP contribution is -2.19. The molecule has 2 aliphatic carbocycles. The first-order valence-corrected chi connectivity index (χ1v) is 6.50. The monoisotopic (exact) mass is 216 g/mol. The number of nitrogens with one attached hydrogen (secondary N) is 1. The van der Waals surface area contributed by atoms with Crippen LogP contribution in [0.2, 0.25) is 0 Å². The number of pyridine rings is 1. The zero-order valence-electron chi connectivity index (χ0n) is 9.95. The molecule has 16 heavy (non-hydrogen) atoms. The highest BCUT2D eigenvalue weighted by molar-refractivity contribution is 5.42. The molecule has 0 atom stereocenters. The first-order chi connectivity index (χ1) is 7.84. The van der Waals surface area contributed by atoms with Crippen LogP contribution in [0.5, 0.6) is 0 Å². The molecule has 0 radical (unpaired) electrons. The molecule has 1 aromatic rings. The second-order valence-corrected chi connectivity index (χ2v) is 5.39. The van der Waals surface area contributed by atoms with E-state index in [1.807, 2.05) is 12.3 Å². The van der Waals surface area contributed by atoms with Crippen LogP contribution in [0.1, 0.15) is 31.2 Å². The van der Waals surface area contributed by atoms with Crippen LogP contribution in [0, 0.1) is 24.7 Å². The van der Waals surface area contributed by atoms with Crippen LogP contribution in [0.15, 0.2) is 18.3 Å². The molecule has 1 heterocycles. The lowest BCUT2D eigenvalue weighted by Gasteiger charge is -2.17. The summed E-state index contributed by atoms with van der Waals surface area (Å²) in [7, 11) is 0. The predicted molar refractivity (Wildman–Crippen MR) is 66.4 cm³/mol. The van der Waals surface area contributed by atoms with Crippen molar-refractivity contribution in [1.82, 2.24) is 4.98 Å². The fourth-order valence-electron chi connectivity index (χ4n) is 2.65. The number of aryl methyl sites for hydroxylation is 1. The normalized spacial score (nSPS) is 20.1. The first kappa shape index (κ1) is 10.1. The summed E-state index contributed by atoms with van der Waals surface area (Å²) in [4.78, 5) is 4.40. The van der Waals surface area contributed by atoms with Gasteiger partial charge in [0, 0.05) is 12.7 Å². The van der Waals surface area contributed by atoms with Gasteiger partial charge in [-0.3, -0.25) is 0 Å². The van der Waals surface area contributed by atoms with Crippen molar-refractivity contribution in [2.75, 3.05) is 11.9 Å². The largest absolute Gasteiger partial charge is 0.370 e. The Hall–Kier alpha value is -1.05. The molecule has 2 saturated carbocycles. The summed E-state index contributed by atoms with van der Waals surface area (Å²) in [5.41, 5.74) is 1.26. The maximum Gasteiger partial charge on any atom is 0.128 e. The zero-order valence-corrected chi connectivity index (χ0v) is 9.95. The van der Waals surface area contributed by atoms with Crippen LogP contribution in [-0.2, 0) is 0 Å². The van der Waals surface area contributed by atoms with Crippen molar-refractivity contribution in [3.8, 4) is 0 Å². The van der Waals surface area contributed by atoms with Gasteiger partial charge in [-0.2, -0.15) is 0 Å². The van der Waals surface area contributed by atoms with E-state index in [2.05, 4.69) is 23.3 Å². The molecule has 0 aromatic carbocycles. The van der Waals surface area contributed by atoms with E-state index in [0.717, 1.165) is 30.1 Å². The van der Waals surface area contributed by atoms with E-state index in [4.69, 9.17) is 0 Å². The molecular formula is C14H20N2. The summed E-state index contributed by atoms with van der Waals surface area (Å²) in [5, 5.41) is 3.54. The van der Waals surface area contributed by atoms with Gasteiger partial charge in [0.25, 0.3) is 0 Å². The molecule has 3 rings (SSSR count). The number of nitrogens with zero attached hydrogens (tertiary/aromatic N) is 1. The van der Waals surface area contributed by atoms with Crippen molar-refractivity contribution in [3.05, 3.63) is 23.9 Å². The number of aromatic nitrogens is 1. The third-order valence-corrected chi connectivity index (χ3v) is 3.97. The Morgan fingerprint density at radius 2 is 2.00 bits per heavy atom. The minimum absolute atomic E-state index is 0.918. The minimum atomic E-state index is 0.918. The Kier molecular flexibility index (Phi) is 2.58. The van der Waals surface area contributed by atoms with E-state index in [0.29, 0.717) is 0 Å². The molecule has 2 aliphatic rings. The van der Waals surface area contributed by atoms with Crippen LogP contribution in [0.4, 0.5) is 5.82 Å². The summed E-state index contributed by atoms with van der Waals surface area (Å²) in [6.07, 6.45) is 7.72. The highest BCUT2D eigenvalue weighted by Crippen LogP contribution is 2.49. The molecule has 2 heteroatoms. The van der Waals surface area contributed by atoms with Crippen LogP contribution >= 0.6 is 0 Å². The number of anilines is 1. The molecule has 0 aliphatic heterocycles. The molecule has 1 N–H and O–H groups in total. The lowest BCUT2D eigenvalue weighted by molar-refractivity contribution is 0.427. The smallest absolute Gasteiger partial charge is 0.128 e. The Bertz CT molecular complexity index is 355. The van der Waals surface area contributed by atoms with Gasteiger partial charge in [-0.1, -0.05) is 6.07 Å². The Balaban J connectivity index is 1.60. The third kappa shape index (κ3) is 2.21. The van der Waals surface area contributed by atoms with Gasteiger partial charge in [0.15, 0.2) is 0 Å². The molecule has 0 saturated heterocycles. The number of hydrogen-bond acceptors (Lipinski definition) is 2. The van der Waals surface area contributed by atoms with E-state index < -0.39 is 0 Å². The highest BCUT2D eigenvalue weighted by Gasteiger charge is 2.41. The molecule has 2 fully saturated rings. The van der Waals surface area contributed by atoms with Crippen molar-refractivity contribution in [2.45, 2.75) is 32.6 Å². The van der Waals surface area contributed by atoms with E-state index in [9.17, 15) is 0 Å². The van der Waals surface area contributed by atoms with Crippen molar-refractivity contribution in [2.24, 2.45) is 17.8 Å². The van der Waals surface area contributed by atoms with Gasteiger partial charge in [-0.15, -0.1) is 0 Å². The van der Waals surface area contributed by atoms with Gasteiger partial charge >= 0.3 is 0 Å². The molecule has 0 amide bonds. The average molecular weight is 216 g/mol. The maximum absolute atomic E-state index is 4.40. The fraction of sp³-hybridized carbons (Fsp3) is 0.643. The van der Waals surface area contributed by atoms with Crippen molar-refractivity contribution >= 4 is 5.82 Å².